The van der Waals surface area contributed by atoms with Crippen LogP contribution in [0.25, 0.3) is 60.3 Å². The molecule has 1 aliphatic rings. The maximum Gasteiger partial charge on any atom is 0.563 e. The van der Waals surface area contributed by atoms with Crippen molar-refractivity contribution in [3.8, 4) is 11.1 Å². The van der Waals surface area contributed by atoms with Gasteiger partial charge in [0.2, 0.25) is 0 Å². The monoisotopic (exact) mass is 504 g/mol. The van der Waals surface area contributed by atoms with Gasteiger partial charge in [-0.3, -0.25) is 4.40 Å². The third-order valence-corrected chi connectivity index (χ3v) is 8.05. The third-order valence-electron chi connectivity index (χ3n) is 8.05. The van der Waals surface area contributed by atoms with E-state index in [1.54, 1.807) is 0 Å². The summed E-state index contributed by atoms with van der Waals surface area (Å²) in [6.07, 6.45) is 0. The molecule has 186 valence electrons. The molecule has 0 N–H and O–H groups in total. The molecule has 2 aromatic heterocycles. The number of imidazole rings is 1. The molecule has 1 fully saturated rings. The molecular weight excluding hydrogens is 479 g/mol. The predicted molar refractivity (Wildman–Crippen MR) is 161 cm³/mol. The summed E-state index contributed by atoms with van der Waals surface area (Å²) < 4.78 is 14.6. The van der Waals surface area contributed by atoms with Gasteiger partial charge in [-0.25, -0.2) is 4.98 Å². The second kappa shape index (κ2) is 7.95. The number of nitrogens with zero attached hydrogens (tertiary/aromatic N) is 2. The first-order valence-corrected chi connectivity index (χ1v) is 13.3. The van der Waals surface area contributed by atoms with Crippen molar-refractivity contribution in [1.29, 1.82) is 0 Å². The Kier molecular flexibility index (Phi) is 4.56. The van der Waals surface area contributed by atoms with Crippen molar-refractivity contribution in [3.63, 3.8) is 0 Å². The quantitative estimate of drug-likeness (QED) is 0.179. The molecule has 5 heteroatoms. The minimum absolute atomic E-state index is 0.495. The molecule has 0 atom stereocenters. The number of fused-ring (bicyclic) bond motifs is 9. The van der Waals surface area contributed by atoms with E-state index in [9.17, 15) is 0 Å². The van der Waals surface area contributed by atoms with E-state index in [4.69, 9.17) is 14.3 Å². The average molecular weight is 504 g/mol. The minimum atomic E-state index is -0.532. The topological polar surface area (TPSA) is 35.8 Å². The molecule has 39 heavy (non-hydrogen) atoms. The standard InChI is InChI=1S/C34H25BN2O2/c1-21-34(2,3)39-35(38-21)26-15-17-31-29(20-26)28-19-25(24-13-12-22-8-4-5-9-23(22)18-24)14-16-27(28)33-36-30-10-6-7-11-32(30)37(31)33/h4-20H,1H2,2-3H3. The third kappa shape index (κ3) is 3.33. The molecule has 0 amide bonds. The van der Waals surface area contributed by atoms with Gasteiger partial charge in [-0.2, -0.15) is 0 Å². The molecular formula is C34H25BN2O2. The molecule has 0 bridgehead atoms. The van der Waals surface area contributed by atoms with Gasteiger partial charge in [-0.1, -0.05) is 73.3 Å². The van der Waals surface area contributed by atoms with Crippen LogP contribution in [0.4, 0.5) is 0 Å². The lowest BCUT2D eigenvalue weighted by Crippen LogP contribution is -2.34. The largest absolute Gasteiger partial charge is 0.563 e. The van der Waals surface area contributed by atoms with E-state index in [-0.39, 0.29) is 0 Å². The number of para-hydroxylation sites is 2. The summed E-state index contributed by atoms with van der Waals surface area (Å²) in [5, 5.41) is 5.86. The zero-order chi connectivity index (χ0) is 26.3. The molecule has 3 heterocycles. The van der Waals surface area contributed by atoms with Crippen LogP contribution >= 0.6 is 0 Å². The lowest BCUT2D eigenvalue weighted by molar-refractivity contribution is 0.173. The smallest absolute Gasteiger partial charge is 0.534 e. The Morgan fingerprint density at radius 2 is 1.49 bits per heavy atom. The number of aromatic nitrogens is 2. The first-order chi connectivity index (χ1) is 19.0. The van der Waals surface area contributed by atoms with E-state index in [2.05, 4.69) is 108 Å². The molecule has 5 aromatic carbocycles. The van der Waals surface area contributed by atoms with Gasteiger partial charge in [0.15, 0.2) is 0 Å². The van der Waals surface area contributed by atoms with Gasteiger partial charge >= 0.3 is 7.12 Å². The van der Waals surface area contributed by atoms with E-state index in [1.807, 2.05) is 19.9 Å². The zero-order valence-corrected chi connectivity index (χ0v) is 21.8. The van der Waals surface area contributed by atoms with Crippen molar-refractivity contribution in [1.82, 2.24) is 9.38 Å². The van der Waals surface area contributed by atoms with Crippen molar-refractivity contribution >= 4 is 61.7 Å². The molecule has 1 saturated heterocycles. The van der Waals surface area contributed by atoms with E-state index >= 15 is 0 Å². The number of hydrogen-bond acceptors (Lipinski definition) is 3. The zero-order valence-electron chi connectivity index (χ0n) is 21.8. The van der Waals surface area contributed by atoms with Crippen molar-refractivity contribution in [3.05, 3.63) is 115 Å². The van der Waals surface area contributed by atoms with Gasteiger partial charge in [-0.05, 0) is 83.0 Å². The molecule has 0 unspecified atom stereocenters. The van der Waals surface area contributed by atoms with Crippen LogP contribution < -0.4 is 5.46 Å². The Morgan fingerprint density at radius 3 is 2.33 bits per heavy atom. The lowest BCUT2D eigenvalue weighted by atomic mass is 9.78. The first-order valence-electron chi connectivity index (χ1n) is 13.3. The maximum atomic E-state index is 6.24. The minimum Gasteiger partial charge on any atom is -0.534 e. The predicted octanol–water partition coefficient (Wildman–Crippen LogP) is 7.65. The second-order valence-corrected chi connectivity index (χ2v) is 10.9. The summed E-state index contributed by atoms with van der Waals surface area (Å²) in [5.74, 6) is 0.645. The van der Waals surface area contributed by atoms with Gasteiger partial charge < -0.3 is 9.31 Å². The van der Waals surface area contributed by atoms with Gasteiger partial charge in [0.05, 0.1) is 22.3 Å². The van der Waals surface area contributed by atoms with Crippen LogP contribution in [-0.2, 0) is 9.31 Å². The fourth-order valence-electron chi connectivity index (χ4n) is 5.84. The summed E-state index contributed by atoms with van der Waals surface area (Å²) >= 11 is 0. The number of pyridine rings is 1. The van der Waals surface area contributed by atoms with Crippen LogP contribution in [-0.4, -0.2) is 22.1 Å². The number of rotatable bonds is 2. The van der Waals surface area contributed by atoms with Crippen molar-refractivity contribution in [2.75, 3.05) is 0 Å². The highest BCUT2D eigenvalue weighted by Gasteiger charge is 2.42. The summed E-state index contributed by atoms with van der Waals surface area (Å²) in [4.78, 5) is 5.07. The normalized spacial score (nSPS) is 15.2. The number of hydrogen-bond donors (Lipinski definition) is 0. The van der Waals surface area contributed by atoms with Crippen LogP contribution in [0.15, 0.2) is 115 Å². The Labute approximate surface area is 226 Å². The fraction of sp³-hybridized carbons (Fsp3) is 0.0882. The molecule has 0 aliphatic carbocycles. The Balaban J connectivity index is 1.43. The van der Waals surface area contributed by atoms with Gasteiger partial charge in [0.1, 0.15) is 11.2 Å². The fourth-order valence-corrected chi connectivity index (χ4v) is 5.84. The molecule has 0 spiro atoms. The molecule has 1 aliphatic heterocycles. The molecule has 0 radical (unpaired) electrons. The summed E-state index contributed by atoms with van der Waals surface area (Å²) in [7, 11) is -0.495. The highest BCUT2D eigenvalue weighted by atomic mass is 16.7. The molecule has 8 rings (SSSR count). The van der Waals surface area contributed by atoms with E-state index in [0.29, 0.717) is 5.76 Å². The molecule has 7 aromatic rings. The maximum absolute atomic E-state index is 6.24. The molecule has 0 saturated carbocycles. The van der Waals surface area contributed by atoms with Crippen LogP contribution in [0.5, 0.6) is 0 Å². The lowest BCUT2D eigenvalue weighted by Gasteiger charge is -2.16. The van der Waals surface area contributed by atoms with Crippen LogP contribution in [0.2, 0.25) is 0 Å². The second-order valence-electron chi connectivity index (χ2n) is 10.9. The van der Waals surface area contributed by atoms with E-state index in [1.165, 1.54) is 21.9 Å². The van der Waals surface area contributed by atoms with Crippen LogP contribution in [0.3, 0.4) is 0 Å². The first kappa shape index (κ1) is 22.4. The van der Waals surface area contributed by atoms with Crippen molar-refractivity contribution in [2.24, 2.45) is 0 Å². The van der Waals surface area contributed by atoms with Crippen LogP contribution in [0, 0.1) is 0 Å². The summed E-state index contributed by atoms with van der Waals surface area (Å²) in [6, 6.07) is 36.6. The van der Waals surface area contributed by atoms with E-state index < -0.39 is 12.7 Å². The average Bonchev–Trinajstić information content (AvgIpc) is 3.48. The summed E-state index contributed by atoms with van der Waals surface area (Å²) in [5.41, 5.74) is 6.92. The highest BCUT2D eigenvalue weighted by molar-refractivity contribution is 6.62. The van der Waals surface area contributed by atoms with Crippen molar-refractivity contribution < 1.29 is 9.31 Å². The van der Waals surface area contributed by atoms with Crippen molar-refractivity contribution in [2.45, 2.75) is 19.4 Å². The van der Waals surface area contributed by atoms with Gasteiger partial charge in [0.25, 0.3) is 0 Å². The summed E-state index contributed by atoms with van der Waals surface area (Å²) in [6.45, 7) is 8.05. The Morgan fingerprint density at radius 1 is 0.718 bits per heavy atom. The number of benzene rings is 5. The SMILES string of the molecule is C=C1OB(c2ccc3c(c2)c2cc(-c4ccc5ccccc5c4)ccc2c2nc4ccccc4n32)OC1(C)C. The molecule has 4 nitrogen and oxygen atoms in total. The highest BCUT2D eigenvalue weighted by Crippen LogP contribution is 2.36. The Hall–Kier alpha value is -4.61. The van der Waals surface area contributed by atoms with Gasteiger partial charge in [-0.15, -0.1) is 0 Å². The Bertz CT molecular complexity index is 2140. The van der Waals surface area contributed by atoms with Crippen LogP contribution in [0.1, 0.15) is 13.8 Å². The van der Waals surface area contributed by atoms with E-state index in [0.717, 1.165) is 43.8 Å². The van der Waals surface area contributed by atoms with Gasteiger partial charge in [0, 0.05) is 10.8 Å².